The molecule has 10 nitrogen and oxygen atoms in total. The van der Waals surface area contributed by atoms with Crippen molar-refractivity contribution in [2.24, 2.45) is 0 Å². The number of nitrogens with two attached hydrogens (primary N) is 1. The van der Waals surface area contributed by atoms with Crippen molar-refractivity contribution < 1.29 is 19.2 Å². The van der Waals surface area contributed by atoms with E-state index in [9.17, 15) is 20.2 Å². The Balaban J connectivity index is 2.18. The van der Waals surface area contributed by atoms with Crippen LogP contribution in [0.25, 0.3) is 5.69 Å². The van der Waals surface area contributed by atoms with E-state index < -0.39 is 10.9 Å². The second-order valence-electron chi connectivity index (χ2n) is 5.51. The van der Waals surface area contributed by atoms with E-state index in [1.54, 1.807) is 18.3 Å². The van der Waals surface area contributed by atoms with Gasteiger partial charge in [-0.05, 0) is 12.1 Å². The van der Waals surface area contributed by atoms with Crippen LogP contribution in [0.4, 0.5) is 11.4 Å². The second kappa shape index (κ2) is 7.46. The number of nitrogen functional groups attached to an aromatic ring is 1. The van der Waals surface area contributed by atoms with E-state index in [0.717, 1.165) is 7.11 Å². The number of ether oxygens (including phenoxy) is 2. The Bertz CT molecular complexity index is 1100. The number of benzene rings is 1. The molecule has 0 atom stereocenters. The third-order valence-electron chi connectivity index (χ3n) is 3.78. The molecule has 0 saturated heterocycles. The fourth-order valence-corrected chi connectivity index (χ4v) is 2.53. The van der Waals surface area contributed by atoms with Crippen LogP contribution >= 0.6 is 0 Å². The Hall–Kier alpha value is -4.39. The predicted molar refractivity (Wildman–Crippen MR) is 97.2 cm³/mol. The number of rotatable bonds is 5. The van der Waals surface area contributed by atoms with Gasteiger partial charge >= 0.3 is 5.97 Å². The number of nitriles is 1. The zero-order chi connectivity index (χ0) is 20.3. The molecule has 3 aromatic rings. The van der Waals surface area contributed by atoms with E-state index in [-0.39, 0.29) is 34.1 Å². The van der Waals surface area contributed by atoms with Crippen molar-refractivity contribution in [3.05, 3.63) is 70.3 Å². The van der Waals surface area contributed by atoms with Crippen LogP contribution in [0.15, 0.2) is 48.9 Å². The average molecular weight is 379 g/mol. The van der Waals surface area contributed by atoms with Crippen molar-refractivity contribution in [2.45, 2.75) is 0 Å². The van der Waals surface area contributed by atoms with Crippen LogP contribution in [0, 0.1) is 21.4 Å². The molecule has 0 fully saturated rings. The summed E-state index contributed by atoms with van der Waals surface area (Å²) >= 11 is 0. The smallest absolute Gasteiger partial charge is 0.357 e. The summed E-state index contributed by atoms with van der Waals surface area (Å²) in [7, 11) is 1.16. The predicted octanol–water partition coefficient (Wildman–Crippen LogP) is 2.81. The fourth-order valence-electron chi connectivity index (χ4n) is 2.53. The summed E-state index contributed by atoms with van der Waals surface area (Å²) in [5, 5.41) is 20.6. The van der Waals surface area contributed by atoms with Crippen molar-refractivity contribution >= 4 is 17.3 Å². The molecule has 1 aromatic carbocycles. The number of methoxy groups -OCH3 is 1. The first-order valence-corrected chi connectivity index (χ1v) is 7.81. The zero-order valence-electron chi connectivity index (χ0n) is 14.5. The molecule has 2 heterocycles. The molecule has 0 unspecified atom stereocenters. The Morgan fingerprint density at radius 2 is 2.14 bits per heavy atom. The molecular formula is C18H13N5O5. The van der Waals surface area contributed by atoms with Crippen LogP contribution in [0.5, 0.6) is 11.5 Å². The van der Waals surface area contributed by atoms with E-state index >= 15 is 0 Å². The first kappa shape index (κ1) is 18.4. The summed E-state index contributed by atoms with van der Waals surface area (Å²) in [6, 6.07) is 9.07. The highest BCUT2D eigenvalue weighted by molar-refractivity contribution is 5.96. The SMILES string of the molecule is COC(=O)c1c(N)c(C#N)cn1-c1cc(Oc2cccnc2)cc([N+](=O)[O-])c1. The van der Waals surface area contributed by atoms with E-state index in [2.05, 4.69) is 4.98 Å². The van der Waals surface area contributed by atoms with Crippen molar-refractivity contribution in [3.8, 4) is 23.3 Å². The van der Waals surface area contributed by atoms with Gasteiger partial charge in [-0.2, -0.15) is 5.26 Å². The number of carbonyl (C=O) groups excluding carboxylic acids is 1. The van der Waals surface area contributed by atoms with Crippen LogP contribution in [0.3, 0.4) is 0 Å². The maximum absolute atomic E-state index is 12.1. The lowest BCUT2D eigenvalue weighted by molar-refractivity contribution is -0.384. The van der Waals surface area contributed by atoms with Crippen LogP contribution in [-0.4, -0.2) is 27.6 Å². The van der Waals surface area contributed by atoms with Crippen molar-refractivity contribution in [1.29, 1.82) is 5.26 Å². The monoisotopic (exact) mass is 379 g/mol. The van der Waals surface area contributed by atoms with Crippen molar-refractivity contribution in [1.82, 2.24) is 9.55 Å². The molecule has 10 heteroatoms. The molecule has 28 heavy (non-hydrogen) atoms. The highest BCUT2D eigenvalue weighted by atomic mass is 16.6. The number of nitro benzene ring substituents is 1. The maximum atomic E-state index is 12.1. The molecule has 0 radical (unpaired) electrons. The molecule has 0 aliphatic rings. The molecule has 2 N–H and O–H groups in total. The molecule has 0 spiro atoms. The van der Waals surface area contributed by atoms with Gasteiger partial charge in [0.1, 0.15) is 17.6 Å². The van der Waals surface area contributed by atoms with Gasteiger partial charge in [-0.1, -0.05) is 0 Å². The molecule has 0 aliphatic heterocycles. The summed E-state index contributed by atoms with van der Waals surface area (Å²) in [4.78, 5) is 26.8. The van der Waals surface area contributed by atoms with Gasteiger partial charge in [0, 0.05) is 24.5 Å². The number of hydrogen-bond donors (Lipinski definition) is 1. The minimum absolute atomic E-state index is 0.0293. The molecule has 0 aliphatic carbocycles. The van der Waals surface area contributed by atoms with Gasteiger partial charge in [-0.15, -0.1) is 0 Å². The number of aromatic nitrogens is 2. The largest absolute Gasteiger partial charge is 0.464 e. The quantitative estimate of drug-likeness (QED) is 0.404. The number of pyridine rings is 1. The normalized spacial score (nSPS) is 10.1. The topological polar surface area (TPSA) is 146 Å². The average Bonchev–Trinajstić information content (AvgIpc) is 3.04. The highest BCUT2D eigenvalue weighted by Gasteiger charge is 2.23. The Morgan fingerprint density at radius 1 is 1.36 bits per heavy atom. The molecule has 3 rings (SSSR count). The lowest BCUT2D eigenvalue weighted by atomic mass is 10.2. The second-order valence-corrected chi connectivity index (χ2v) is 5.51. The van der Waals surface area contributed by atoms with Gasteiger partial charge in [0.25, 0.3) is 5.69 Å². The summed E-state index contributed by atoms with van der Waals surface area (Å²) < 4.78 is 11.6. The standard InChI is InChI=1S/C18H13N5O5/c1-27-18(24)17-16(20)11(8-19)10-22(17)12-5-13(23(25)26)7-15(6-12)28-14-3-2-4-21-9-14/h2-7,9-10H,20H2,1H3. The lowest BCUT2D eigenvalue weighted by Crippen LogP contribution is -2.11. The molecule has 0 amide bonds. The summed E-state index contributed by atoms with van der Waals surface area (Å²) in [6.07, 6.45) is 4.30. The number of anilines is 1. The third kappa shape index (κ3) is 3.45. The first-order valence-electron chi connectivity index (χ1n) is 7.81. The van der Waals surface area contributed by atoms with Gasteiger partial charge in [0.15, 0.2) is 5.69 Å². The van der Waals surface area contributed by atoms with E-state index in [1.165, 1.54) is 35.2 Å². The van der Waals surface area contributed by atoms with Crippen molar-refractivity contribution in [3.63, 3.8) is 0 Å². The van der Waals surface area contributed by atoms with Gasteiger partial charge < -0.3 is 19.8 Å². The number of nitrogens with zero attached hydrogens (tertiary/aromatic N) is 4. The highest BCUT2D eigenvalue weighted by Crippen LogP contribution is 2.32. The molecule has 140 valence electrons. The van der Waals surface area contributed by atoms with E-state index in [1.807, 2.05) is 6.07 Å². The lowest BCUT2D eigenvalue weighted by Gasteiger charge is -2.11. The van der Waals surface area contributed by atoms with Gasteiger partial charge in [-0.25, -0.2) is 4.79 Å². The summed E-state index contributed by atoms with van der Waals surface area (Å²) in [5.74, 6) is -0.286. The van der Waals surface area contributed by atoms with Gasteiger partial charge in [0.2, 0.25) is 0 Å². The van der Waals surface area contributed by atoms with E-state index in [4.69, 9.17) is 15.2 Å². The zero-order valence-corrected chi connectivity index (χ0v) is 14.5. The van der Waals surface area contributed by atoms with Crippen LogP contribution < -0.4 is 10.5 Å². The van der Waals surface area contributed by atoms with Crippen LogP contribution in [-0.2, 0) is 4.74 Å². The maximum Gasteiger partial charge on any atom is 0.357 e. The minimum atomic E-state index is -0.791. The number of nitro groups is 1. The summed E-state index contributed by atoms with van der Waals surface area (Å²) in [6.45, 7) is 0. The number of hydrogen-bond acceptors (Lipinski definition) is 8. The molecular weight excluding hydrogens is 366 g/mol. The van der Waals surface area contributed by atoms with Crippen molar-refractivity contribution in [2.75, 3.05) is 12.8 Å². The molecule has 2 aromatic heterocycles. The van der Waals surface area contributed by atoms with E-state index in [0.29, 0.717) is 5.75 Å². The Morgan fingerprint density at radius 3 is 2.75 bits per heavy atom. The minimum Gasteiger partial charge on any atom is -0.464 e. The number of non-ortho nitro benzene ring substituents is 1. The number of esters is 1. The molecule has 0 saturated carbocycles. The molecule has 0 bridgehead atoms. The third-order valence-corrected chi connectivity index (χ3v) is 3.78. The van der Waals surface area contributed by atoms with Gasteiger partial charge in [-0.3, -0.25) is 15.1 Å². The fraction of sp³-hybridized carbons (Fsp3) is 0.0556. The number of carbonyl (C=O) groups is 1. The Kier molecular flexibility index (Phi) is 4.91. The van der Waals surface area contributed by atoms with Gasteiger partial charge in [0.05, 0.1) is 41.2 Å². The Labute approximate surface area is 158 Å². The first-order chi connectivity index (χ1) is 13.4. The van der Waals surface area contributed by atoms with Crippen LogP contribution in [0.2, 0.25) is 0 Å². The van der Waals surface area contributed by atoms with Crippen LogP contribution in [0.1, 0.15) is 16.1 Å². The summed E-state index contributed by atoms with van der Waals surface area (Å²) in [5.41, 5.74) is 5.61.